The number of rotatable bonds is 11. The molecule has 0 radical (unpaired) electrons. The first-order valence-corrected chi connectivity index (χ1v) is 17.3. The molecule has 0 unspecified atom stereocenters. The first-order valence-electron chi connectivity index (χ1n) is 14.9. The topological polar surface area (TPSA) is 118 Å². The molecule has 0 amide bonds. The number of unbranched alkanes of at least 4 members (excludes halogenated alkanes) is 2. The average Bonchev–Trinajstić information content (AvgIpc) is 2.99. The van der Waals surface area contributed by atoms with Gasteiger partial charge in [0.25, 0.3) is 0 Å². The van der Waals surface area contributed by atoms with Crippen molar-refractivity contribution in [2.75, 3.05) is 24.7 Å². The molecule has 0 saturated heterocycles. The van der Waals surface area contributed by atoms with Gasteiger partial charge < -0.3 is 33.0 Å². The lowest BCUT2D eigenvalue weighted by Crippen LogP contribution is -2.49. The van der Waals surface area contributed by atoms with Crippen molar-refractivity contribution in [1.29, 1.82) is 0 Å². The highest BCUT2D eigenvalue weighted by Gasteiger charge is 2.64. The Bertz CT molecular complexity index is 1360. The van der Waals surface area contributed by atoms with E-state index in [-0.39, 0.29) is 4.90 Å². The summed E-state index contributed by atoms with van der Waals surface area (Å²) in [6.45, 7) is 4.47. The minimum Gasteiger partial charge on any atom is -0.489 e. The van der Waals surface area contributed by atoms with Gasteiger partial charge in [0.15, 0.2) is 12.4 Å². The smallest absolute Gasteiger partial charge is 0.168 e. The van der Waals surface area contributed by atoms with Gasteiger partial charge in [-0.25, -0.2) is 4.57 Å². The molecule has 2 heterocycles. The van der Waals surface area contributed by atoms with Gasteiger partial charge in [-0.05, 0) is 54.3 Å². The monoisotopic (exact) mass is 601 g/mol. The first kappa shape index (κ1) is 32.3. The quantitative estimate of drug-likeness (QED) is 0.148. The molecule has 42 heavy (non-hydrogen) atoms. The van der Waals surface area contributed by atoms with Crippen LogP contribution in [0.3, 0.4) is 0 Å². The average molecular weight is 602 g/mol. The second-order valence-electron chi connectivity index (χ2n) is 12.5. The van der Waals surface area contributed by atoms with Gasteiger partial charge in [-0.2, -0.15) is 0 Å². The lowest BCUT2D eigenvalue weighted by molar-refractivity contribution is -0.671. The maximum Gasteiger partial charge on any atom is 0.168 e. The summed E-state index contributed by atoms with van der Waals surface area (Å²) >= 11 is 0. The van der Waals surface area contributed by atoms with Crippen LogP contribution in [0, 0.1) is 5.41 Å². The molecule has 0 aliphatic carbocycles. The van der Waals surface area contributed by atoms with Crippen molar-refractivity contribution in [2.45, 2.75) is 75.9 Å². The minimum absolute atomic E-state index is 0.297. The number of aliphatic hydroxyl groups excluding tert-OH is 1. The van der Waals surface area contributed by atoms with Crippen LogP contribution in [0.1, 0.15) is 75.0 Å². The van der Waals surface area contributed by atoms with Gasteiger partial charge in [0.1, 0.15) is 19.4 Å². The van der Waals surface area contributed by atoms with Crippen molar-refractivity contribution in [1.82, 2.24) is 0 Å². The van der Waals surface area contributed by atoms with Crippen LogP contribution in [0.2, 0.25) is 0 Å². The maximum atomic E-state index is 12.4. The van der Waals surface area contributed by atoms with E-state index in [2.05, 4.69) is 0 Å². The van der Waals surface area contributed by atoms with Gasteiger partial charge in [-0.3, -0.25) is 0 Å². The molecule has 0 saturated carbocycles. The molecule has 3 aromatic rings. The number of pyridine rings is 1. The number of fused-ring (bicyclic) bond motifs is 1. The van der Waals surface area contributed by atoms with E-state index in [4.69, 9.17) is 4.74 Å². The largest absolute Gasteiger partial charge is 0.489 e. The highest BCUT2D eigenvalue weighted by molar-refractivity contribution is 8.48. The summed E-state index contributed by atoms with van der Waals surface area (Å²) in [7, 11) is -1.13. The molecule has 1 aliphatic rings. The summed E-state index contributed by atoms with van der Waals surface area (Å²) in [4.78, 5) is 1.54. The third-order valence-corrected chi connectivity index (χ3v) is 11.4. The molecule has 1 aromatic heterocycles. The van der Waals surface area contributed by atoms with Crippen molar-refractivity contribution in [2.24, 2.45) is 12.5 Å². The lowest BCUT2D eigenvalue weighted by atomic mass is 9.68. The normalized spacial score (nSPS) is 23.3. The Labute approximate surface area is 249 Å². The van der Waals surface area contributed by atoms with E-state index < -0.39 is 32.6 Å². The number of benzene rings is 2. The zero-order chi connectivity index (χ0) is 30.8. The van der Waals surface area contributed by atoms with Gasteiger partial charge >= 0.3 is 0 Å². The number of ether oxygens (including phenoxy) is 1. The first-order chi connectivity index (χ1) is 19.6. The van der Waals surface area contributed by atoms with E-state index in [1.54, 1.807) is 12.1 Å². The van der Waals surface area contributed by atoms with Gasteiger partial charge in [0.2, 0.25) is 0 Å². The molecule has 5 N–H and O–H groups in total. The molecule has 8 nitrogen and oxygen atoms in total. The number of aryl methyl sites for hydroxylation is 1. The molecule has 0 fully saturated rings. The van der Waals surface area contributed by atoms with Crippen molar-refractivity contribution in [3.63, 3.8) is 0 Å². The highest BCUT2D eigenvalue weighted by atomic mass is 32.4. The Balaban J connectivity index is 1.85. The number of anilines is 1. The molecule has 9 heteroatoms. The fraction of sp³-hybridized carbons (Fsp3) is 0.485. The fourth-order valence-corrected chi connectivity index (χ4v) is 9.53. The summed E-state index contributed by atoms with van der Waals surface area (Å²) in [5, 5.41) is 12.4. The van der Waals surface area contributed by atoms with Gasteiger partial charge in [-0.15, -0.1) is 0 Å². The van der Waals surface area contributed by atoms with Crippen LogP contribution >= 0.6 is 9.42 Å². The van der Waals surface area contributed by atoms with Crippen LogP contribution < -0.4 is 14.2 Å². The highest BCUT2D eigenvalue weighted by Crippen LogP contribution is 2.86. The number of aromatic nitrogens is 1. The van der Waals surface area contributed by atoms with Crippen molar-refractivity contribution < 1.29 is 32.6 Å². The van der Waals surface area contributed by atoms with Crippen LogP contribution in [0.4, 0.5) is 5.69 Å². The van der Waals surface area contributed by atoms with E-state index in [9.17, 15) is 23.3 Å². The number of nitrogens with zero attached hydrogens (tertiary/aromatic N) is 2. The maximum absolute atomic E-state index is 12.4. The molecule has 2 aromatic carbocycles. The molecule has 0 spiro atoms. The van der Waals surface area contributed by atoms with E-state index in [0.29, 0.717) is 43.6 Å². The molecular weight excluding hydrogens is 552 g/mol. The van der Waals surface area contributed by atoms with Gasteiger partial charge in [0, 0.05) is 58.2 Å². The van der Waals surface area contributed by atoms with E-state index >= 15 is 0 Å². The molecule has 1 aliphatic heterocycles. The lowest BCUT2D eigenvalue weighted by Gasteiger charge is -2.65. The predicted molar refractivity (Wildman–Crippen MR) is 170 cm³/mol. The summed E-state index contributed by atoms with van der Waals surface area (Å²) in [6.07, 6.45) is 6.70. The summed E-state index contributed by atoms with van der Waals surface area (Å²) in [6, 6.07) is 16.2. The molecule has 0 bridgehead atoms. The molecule has 2 atom stereocenters. The van der Waals surface area contributed by atoms with Crippen LogP contribution in [-0.4, -0.2) is 49.3 Å². The second kappa shape index (κ2) is 11.4. The van der Waals surface area contributed by atoms with Gasteiger partial charge in [-0.1, -0.05) is 51.7 Å². The number of hydrogen-bond acceptors (Lipinski definition) is 7. The third-order valence-electron chi connectivity index (χ3n) is 8.70. The Hall–Kier alpha value is -2.66. The fourth-order valence-electron chi connectivity index (χ4n) is 6.42. The third kappa shape index (κ3) is 6.77. The Morgan fingerprint density at radius 2 is 1.50 bits per heavy atom. The van der Waals surface area contributed by atoms with E-state index in [0.717, 1.165) is 29.7 Å². The van der Waals surface area contributed by atoms with Crippen molar-refractivity contribution in [3.8, 4) is 5.75 Å². The Kier molecular flexibility index (Phi) is 8.79. The second-order valence-corrected chi connectivity index (χ2v) is 16.3. The van der Waals surface area contributed by atoms with Crippen LogP contribution in [0.15, 0.2) is 71.9 Å². The number of aliphatic hydroxyl groups is 1. The zero-order valence-corrected chi connectivity index (χ0v) is 26.4. The van der Waals surface area contributed by atoms with Crippen molar-refractivity contribution >= 4 is 15.1 Å². The molecule has 4 rings (SSSR count). The number of hydrogen-bond donors (Lipinski definition) is 5. The summed E-state index contributed by atoms with van der Waals surface area (Å²) in [5.41, 5.74) is 1.65. The Morgan fingerprint density at radius 3 is 2.05 bits per heavy atom. The van der Waals surface area contributed by atoms with Crippen LogP contribution in [0.25, 0.3) is 0 Å². The van der Waals surface area contributed by atoms with Crippen LogP contribution in [-0.2, 0) is 13.7 Å². The van der Waals surface area contributed by atoms with Crippen molar-refractivity contribution in [3.05, 3.63) is 83.7 Å². The van der Waals surface area contributed by atoms with Gasteiger partial charge in [0.05, 0.1) is 16.8 Å². The SMILES string of the molecule is CCCCC1(CCCC)CS(O)(O)(O)(O)c2ccc(N(C)C)cc2[C@@H](c2ccc(OCc3cc[n+](C)cc3)cc2)[C@H]1O. The standard InChI is InChI=1S/C33H48N2O6S/c1-6-8-18-33(19-9-7-2)24-42(37,38,39,40)30-15-12-27(34(3)4)22-29(30)31(32(33)36)26-10-13-28(14-11-26)41-23-25-16-20-35(5)21-17-25/h10-17,20-22,31-32,36H,6-9,18-19,23-24H2,1-5H3,(H3-,37,38,39,40)/p+1/t31-,32-/m1/s1. The van der Waals surface area contributed by atoms with Crippen LogP contribution in [0.5, 0.6) is 5.75 Å². The zero-order valence-electron chi connectivity index (χ0n) is 25.6. The summed E-state index contributed by atoms with van der Waals surface area (Å²) < 4.78 is 55.0. The van der Waals surface area contributed by atoms with E-state index in [1.165, 1.54) is 6.07 Å². The minimum atomic E-state index is -6.81. The molecule has 232 valence electrons. The summed E-state index contributed by atoms with van der Waals surface area (Å²) in [5.74, 6) is -0.813. The molecular formula is C33H49N2O6S+. The predicted octanol–water partition coefficient (Wildman–Crippen LogP) is 7.16. The van der Waals surface area contributed by atoms with E-state index in [1.807, 2.05) is 93.2 Å². The Morgan fingerprint density at radius 1 is 0.905 bits per heavy atom.